The molecule has 1 heterocycles. The van der Waals surface area contributed by atoms with E-state index < -0.39 is 17.4 Å². The molecule has 0 spiro atoms. The molecular weight excluding hydrogens is 252 g/mol. The van der Waals surface area contributed by atoms with E-state index in [9.17, 15) is 9.59 Å². The number of rotatable bonds is 6. The lowest BCUT2D eigenvalue weighted by Gasteiger charge is -2.33. The molecule has 1 amide bonds. The van der Waals surface area contributed by atoms with Crippen molar-refractivity contribution < 1.29 is 14.7 Å². The Kier molecular flexibility index (Phi) is 5.95. The smallest absolute Gasteiger partial charge is 0.326 e. The first-order chi connectivity index (χ1) is 8.49. The van der Waals surface area contributed by atoms with Crippen LogP contribution in [-0.4, -0.2) is 48.1 Å². The molecule has 0 aromatic rings. The first kappa shape index (κ1) is 15.3. The molecule has 2 atom stereocenters. The normalized spacial score (nSPS) is 25.4. The largest absolute Gasteiger partial charge is 0.480 e. The monoisotopic (exact) mass is 274 g/mol. The predicted molar refractivity (Wildman–Crippen MR) is 72.8 cm³/mol. The van der Waals surface area contributed by atoms with Crippen LogP contribution in [0.4, 0.5) is 0 Å². The summed E-state index contributed by atoms with van der Waals surface area (Å²) in [5.41, 5.74) is -0.481. The van der Waals surface area contributed by atoms with Gasteiger partial charge in [0.1, 0.15) is 6.04 Å². The second-order valence-electron chi connectivity index (χ2n) is 4.99. The third kappa shape index (κ3) is 4.17. The summed E-state index contributed by atoms with van der Waals surface area (Å²) < 4.78 is 0. The fourth-order valence-corrected chi connectivity index (χ4v) is 2.55. The summed E-state index contributed by atoms with van der Waals surface area (Å²) in [5, 5.41) is 15.0. The van der Waals surface area contributed by atoms with Crippen molar-refractivity contribution in [3.05, 3.63) is 0 Å². The summed E-state index contributed by atoms with van der Waals surface area (Å²) in [4.78, 5) is 23.3. The fourth-order valence-electron chi connectivity index (χ4n) is 2.08. The van der Waals surface area contributed by atoms with Crippen molar-refractivity contribution in [2.45, 2.75) is 32.2 Å². The topological polar surface area (TPSA) is 78.4 Å². The Morgan fingerprint density at radius 3 is 2.78 bits per heavy atom. The maximum absolute atomic E-state index is 12.2. The minimum atomic E-state index is -0.954. The molecule has 1 aliphatic rings. The Morgan fingerprint density at radius 2 is 2.28 bits per heavy atom. The number of amides is 1. The molecule has 5 nitrogen and oxygen atoms in total. The minimum absolute atomic E-state index is 0.150. The summed E-state index contributed by atoms with van der Waals surface area (Å²) in [6.45, 7) is 3.44. The number of carbonyl (C=O) groups is 2. The summed E-state index contributed by atoms with van der Waals surface area (Å²) in [6, 6.07) is -0.774. The number of carboxylic acid groups (broad SMARTS) is 1. The van der Waals surface area contributed by atoms with Gasteiger partial charge in [0, 0.05) is 6.54 Å². The average molecular weight is 274 g/mol. The van der Waals surface area contributed by atoms with Crippen LogP contribution in [0.25, 0.3) is 0 Å². The lowest BCUT2D eigenvalue weighted by Crippen LogP contribution is -2.53. The zero-order chi connectivity index (χ0) is 13.6. The summed E-state index contributed by atoms with van der Waals surface area (Å²) in [6.07, 6.45) is 4.14. The molecule has 104 valence electrons. The van der Waals surface area contributed by atoms with Gasteiger partial charge < -0.3 is 15.7 Å². The Hall–Kier alpha value is -0.750. The molecule has 1 unspecified atom stereocenters. The zero-order valence-corrected chi connectivity index (χ0v) is 11.8. The number of hydrogen-bond donors (Lipinski definition) is 3. The maximum atomic E-state index is 12.2. The molecule has 0 radical (unpaired) electrons. The van der Waals surface area contributed by atoms with Gasteiger partial charge >= 0.3 is 5.97 Å². The highest BCUT2D eigenvalue weighted by Gasteiger charge is 2.36. The van der Waals surface area contributed by atoms with Crippen LogP contribution < -0.4 is 10.6 Å². The van der Waals surface area contributed by atoms with E-state index in [1.807, 2.05) is 13.2 Å². The SMILES string of the molecule is CSCC[C@@H](NC(=O)C1(C)CCCNC1)C(=O)O. The molecule has 0 aliphatic carbocycles. The summed E-state index contributed by atoms with van der Waals surface area (Å²) >= 11 is 1.58. The molecule has 3 N–H and O–H groups in total. The molecule has 1 fully saturated rings. The van der Waals surface area contributed by atoms with Crippen LogP contribution in [-0.2, 0) is 9.59 Å². The van der Waals surface area contributed by atoms with Gasteiger partial charge in [0.05, 0.1) is 5.41 Å². The Labute approximate surface area is 112 Å². The third-order valence-electron chi connectivity index (χ3n) is 3.36. The fraction of sp³-hybridized carbons (Fsp3) is 0.833. The van der Waals surface area contributed by atoms with Crippen LogP contribution in [0.1, 0.15) is 26.2 Å². The maximum Gasteiger partial charge on any atom is 0.326 e. The highest BCUT2D eigenvalue weighted by atomic mass is 32.2. The van der Waals surface area contributed by atoms with Crippen molar-refractivity contribution in [3.8, 4) is 0 Å². The molecule has 0 aromatic carbocycles. The van der Waals surface area contributed by atoms with Gasteiger partial charge in [-0.2, -0.15) is 11.8 Å². The number of hydrogen-bond acceptors (Lipinski definition) is 4. The molecule has 0 bridgehead atoms. The van der Waals surface area contributed by atoms with Gasteiger partial charge in [-0.25, -0.2) is 4.79 Å². The average Bonchev–Trinajstić information content (AvgIpc) is 2.34. The Balaban J connectivity index is 2.56. The number of thioether (sulfide) groups is 1. The molecule has 18 heavy (non-hydrogen) atoms. The predicted octanol–water partition coefficient (Wildman–Crippen LogP) is 0.699. The Bertz CT molecular complexity index is 304. The van der Waals surface area contributed by atoms with Crippen molar-refractivity contribution in [1.82, 2.24) is 10.6 Å². The lowest BCUT2D eigenvalue weighted by atomic mass is 9.81. The van der Waals surface area contributed by atoms with Gasteiger partial charge in [-0.1, -0.05) is 0 Å². The van der Waals surface area contributed by atoms with Gasteiger partial charge in [-0.15, -0.1) is 0 Å². The third-order valence-corrected chi connectivity index (χ3v) is 4.00. The van der Waals surface area contributed by atoms with Gasteiger partial charge in [-0.3, -0.25) is 4.79 Å². The second-order valence-corrected chi connectivity index (χ2v) is 5.97. The van der Waals surface area contributed by atoms with Crippen LogP contribution in [0.3, 0.4) is 0 Å². The van der Waals surface area contributed by atoms with Crippen molar-refractivity contribution in [2.75, 3.05) is 25.1 Å². The van der Waals surface area contributed by atoms with Gasteiger partial charge in [-0.05, 0) is 44.7 Å². The molecule has 0 saturated carbocycles. The highest BCUT2D eigenvalue weighted by Crippen LogP contribution is 2.25. The van der Waals surface area contributed by atoms with Crippen LogP contribution >= 0.6 is 11.8 Å². The number of nitrogens with one attached hydrogen (secondary N) is 2. The van der Waals surface area contributed by atoms with Gasteiger partial charge in [0.25, 0.3) is 0 Å². The van der Waals surface area contributed by atoms with Crippen molar-refractivity contribution >= 4 is 23.6 Å². The van der Waals surface area contributed by atoms with E-state index in [4.69, 9.17) is 5.11 Å². The first-order valence-corrected chi connectivity index (χ1v) is 7.62. The standard InChI is InChI=1S/C12H22N2O3S/c1-12(5-3-6-13-8-12)11(17)14-9(10(15)16)4-7-18-2/h9,13H,3-8H2,1-2H3,(H,14,17)(H,15,16)/t9-,12?/m1/s1. The zero-order valence-electron chi connectivity index (χ0n) is 11.0. The number of piperidine rings is 1. The van der Waals surface area contributed by atoms with Crippen LogP contribution in [0.15, 0.2) is 0 Å². The summed E-state index contributed by atoms with van der Waals surface area (Å²) in [5.74, 6) is -0.375. The molecular formula is C12H22N2O3S. The van der Waals surface area contributed by atoms with E-state index in [2.05, 4.69) is 10.6 Å². The van der Waals surface area contributed by atoms with E-state index in [1.165, 1.54) is 0 Å². The van der Waals surface area contributed by atoms with Gasteiger partial charge in [0.2, 0.25) is 5.91 Å². The molecule has 0 aromatic heterocycles. The van der Waals surface area contributed by atoms with Crippen molar-refractivity contribution in [1.29, 1.82) is 0 Å². The molecule has 1 aliphatic heterocycles. The number of carbonyl (C=O) groups excluding carboxylic acids is 1. The second kappa shape index (κ2) is 6.99. The van der Waals surface area contributed by atoms with E-state index in [0.29, 0.717) is 13.0 Å². The van der Waals surface area contributed by atoms with Crippen LogP contribution in [0, 0.1) is 5.41 Å². The number of carboxylic acids is 1. The van der Waals surface area contributed by atoms with E-state index in [-0.39, 0.29) is 5.91 Å². The Morgan fingerprint density at radius 1 is 1.56 bits per heavy atom. The summed E-state index contributed by atoms with van der Waals surface area (Å²) in [7, 11) is 0. The lowest BCUT2D eigenvalue weighted by molar-refractivity contribution is -0.144. The van der Waals surface area contributed by atoms with Crippen LogP contribution in [0.5, 0.6) is 0 Å². The van der Waals surface area contributed by atoms with E-state index in [0.717, 1.165) is 25.1 Å². The van der Waals surface area contributed by atoms with Crippen molar-refractivity contribution in [3.63, 3.8) is 0 Å². The molecule has 6 heteroatoms. The molecule has 1 saturated heterocycles. The number of aliphatic carboxylic acids is 1. The van der Waals surface area contributed by atoms with E-state index in [1.54, 1.807) is 11.8 Å². The quantitative estimate of drug-likeness (QED) is 0.664. The van der Waals surface area contributed by atoms with E-state index >= 15 is 0 Å². The van der Waals surface area contributed by atoms with Crippen LogP contribution in [0.2, 0.25) is 0 Å². The minimum Gasteiger partial charge on any atom is -0.480 e. The first-order valence-electron chi connectivity index (χ1n) is 6.23. The van der Waals surface area contributed by atoms with Gasteiger partial charge in [0.15, 0.2) is 0 Å². The highest BCUT2D eigenvalue weighted by molar-refractivity contribution is 7.98. The van der Waals surface area contributed by atoms with Crippen molar-refractivity contribution in [2.24, 2.45) is 5.41 Å². The molecule has 1 rings (SSSR count).